The molecule has 1 atom stereocenters. The van der Waals surface area contributed by atoms with E-state index in [9.17, 15) is 4.79 Å². The quantitative estimate of drug-likeness (QED) is 0.548. The summed E-state index contributed by atoms with van der Waals surface area (Å²) in [6, 6.07) is 0. The molecule has 0 saturated carbocycles. The standard InChI is InChI=1S/C8H15NO/c1-5-8(4)6(10)9-7(8,2)3/h5H2,1-4H3,(H,9,10). The molecule has 10 heavy (non-hydrogen) atoms. The lowest BCUT2D eigenvalue weighted by molar-refractivity contribution is -0.151. The van der Waals surface area contributed by atoms with Crippen molar-refractivity contribution in [3.63, 3.8) is 0 Å². The number of nitrogens with one attached hydrogen (secondary N) is 1. The van der Waals surface area contributed by atoms with Crippen LogP contribution in [0.15, 0.2) is 0 Å². The monoisotopic (exact) mass is 141 g/mol. The van der Waals surface area contributed by atoms with Crippen LogP contribution in [-0.2, 0) is 4.79 Å². The zero-order valence-electron chi connectivity index (χ0n) is 7.12. The molecule has 1 amide bonds. The molecule has 1 aliphatic rings. The van der Waals surface area contributed by atoms with Gasteiger partial charge in [-0.2, -0.15) is 0 Å². The van der Waals surface area contributed by atoms with E-state index in [1.165, 1.54) is 0 Å². The largest absolute Gasteiger partial charge is 0.350 e. The lowest BCUT2D eigenvalue weighted by atomic mass is 9.64. The molecule has 1 fully saturated rings. The second-order valence-corrected chi connectivity index (χ2v) is 3.76. The lowest BCUT2D eigenvalue weighted by Gasteiger charge is -2.53. The van der Waals surface area contributed by atoms with Gasteiger partial charge in [-0.25, -0.2) is 0 Å². The van der Waals surface area contributed by atoms with E-state index in [1.807, 2.05) is 6.92 Å². The molecule has 0 aromatic carbocycles. The summed E-state index contributed by atoms with van der Waals surface area (Å²) in [7, 11) is 0. The summed E-state index contributed by atoms with van der Waals surface area (Å²) >= 11 is 0. The maximum atomic E-state index is 11.1. The van der Waals surface area contributed by atoms with Crippen LogP contribution in [0.4, 0.5) is 0 Å². The van der Waals surface area contributed by atoms with Crippen LogP contribution in [0.3, 0.4) is 0 Å². The third-order valence-electron chi connectivity index (χ3n) is 3.01. The van der Waals surface area contributed by atoms with Crippen LogP contribution in [0.2, 0.25) is 0 Å². The third kappa shape index (κ3) is 0.619. The molecule has 1 rings (SSSR count). The van der Waals surface area contributed by atoms with Crippen molar-refractivity contribution in [2.75, 3.05) is 0 Å². The minimum absolute atomic E-state index is 0.00116. The molecule has 58 valence electrons. The minimum atomic E-state index is -0.132. The number of amides is 1. The average Bonchev–Trinajstić information content (AvgIpc) is 1.85. The first-order valence-corrected chi connectivity index (χ1v) is 3.76. The highest BCUT2D eigenvalue weighted by atomic mass is 16.2. The van der Waals surface area contributed by atoms with Gasteiger partial charge in [0.05, 0.1) is 5.41 Å². The van der Waals surface area contributed by atoms with Gasteiger partial charge in [0.2, 0.25) is 5.91 Å². The Hall–Kier alpha value is -0.530. The van der Waals surface area contributed by atoms with Gasteiger partial charge in [-0.05, 0) is 27.2 Å². The summed E-state index contributed by atoms with van der Waals surface area (Å²) in [6.07, 6.45) is 0.922. The molecule has 1 saturated heterocycles. The van der Waals surface area contributed by atoms with Crippen LogP contribution >= 0.6 is 0 Å². The van der Waals surface area contributed by atoms with Gasteiger partial charge in [0.25, 0.3) is 0 Å². The van der Waals surface area contributed by atoms with Crippen LogP contribution in [0.1, 0.15) is 34.1 Å². The summed E-state index contributed by atoms with van der Waals surface area (Å²) in [5.74, 6) is 0.194. The second kappa shape index (κ2) is 1.74. The Morgan fingerprint density at radius 1 is 1.40 bits per heavy atom. The molecule has 0 aromatic rings. The molecule has 0 spiro atoms. The van der Waals surface area contributed by atoms with E-state index in [2.05, 4.69) is 26.1 Å². The zero-order chi connectivity index (χ0) is 7.99. The second-order valence-electron chi connectivity index (χ2n) is 3.76. The molecule has 0 bridgehead atoms. The van der Waals surface area contributed by atoms with Crippen LogP contribution in [0.5, 0.6) is 0 Å². The normalized spacial score (nSPS) is 36.6. The van der Waals surface area contributed by atoms with Crippen molar-refractivity contribution in [1.82, 2.24) is 5.32 Å². The van der Waals surface area contributed by atoms with E-state index in [0.29, 0.717) is 0 Å². The SMILES string of the molecule is CCC1(C)C(=O)NC1(C)C. The van der Waals surface area contributed by atoms with Gasteiger partial charge in [0.15, 0.2) is 0 Å². The lowest BCUT2D eigenvalue weighted by Crippen LogP contribution is -2.72. The van der Waals surface area contributed by atoms with Crippen molar-refractivity contribution in [1.29, 1.82) is 0 Å². The summed E-state index contributed by atoms with van der Waals surface area (Å²) < 4.78 is 0. The van der Waals surface area contributed by atoms with Crippen molar-refractivity contribution >= 4 is 5.91 Å². The van der Waals surface area contributed by atoms with E-state index < -0.39 is 0 Å². The summed E-state index contributed by atoms with van der Waals surface area (Å²) in [6.45, 7) is 8.21. The number of hydrogen-bond donors (Lipinski definition) is 1. The Kier molecular flexibility index (Phi) is 1.32. The predicted octanol–water partition coefficient (Wildman–Crippen LogP) is 1.31. The van der Waals surface area contributed by atoms with E-state index >= 15 is 0 Å². The Balaban J connectivity index is 2.83. The predicted molar refractivity (Wildman–Crippen MR) is 40.6 cm³/mol. The first-order chi connectivity index (χ1) is 4.44. The Morgan fingerprint density at radius 3 is 2.00 bits per heavy atom. The molecule has 0 aliphatic carbocycles. The van der Waals surface area contributed by atoms with Gasteiger partial charge >= 0.3 is 0 Å². The fourth-order valence-electron chi connectivity index (χ4n) is 1.38. The molecule has 1 aliphatic heterocycles. The van der Waals surface area contributed by atoms with Crippen molar-refractivity contribution in [2.45, 2.75) is 39.7 Å². The molecular formula is C8H15NO. The van der Waals surface area contributed by atoms with Crippen LogP contribution < -0.4 is 5.32 Å². The van der Waals surface area contributed by atoms with Crippen molar-refractivity contribution in [2.24, 2.45) is 5.41 Å². The number of hydrogen-bond acceptors (Lipinski definition) is 1. The Bertz CT molecular complexity index is 174. The smallest absolute Gasteiger partial charge is 0.228 e. The summed E-state index contributed by atoms with van der Waals surface area (Å²) in [4.78, 5) is 11.1. The molecule has 2 nitrogen and oxygen atoms in total. The van der Waals surface area contributed by atoms with Crippen molar-refractivity contribution < 1.29 is 4.79 Å². The average molecular weight is 141 g/mol. The highest BCUT2D eigenvalue weighted by Gasteiger charge is 2.55. The number of rotatable bonds is 1. The highest BCUT2D eigenvalue weighted by Crippen LogP contribution is 2.42. The number of β-lactam (4-membered cyclic amide) rings is 1. The maximum absolute atomic E-state index is 11.1. The van der Waals surface area contributed by atoms with Crippen molar-refractivity contribution in [3.05, 3.63) is 0 Å². The molecule has 1 unspecified atom stereocenters. The fourth-order valence-corrected chi connectivity index (χ4v) is 1.38. The van der Waals surface area contributed by atoms with E-state index in [4.69, 9.17) is 0 Å². The van der Waals surface area contributed by atoms with Gasteiger partial charge in [-0.1, -0.05) is 6.92 Å². The fraction of sp³-hybridized carbons (Fsp3) is 0.875. The van der Waals surface area contributed by atoms with Gasteiger partial charge in [0, 0.05) is 5.54 Å². The first-order valence-electron chi connectivity index (χ1n) is 3.76. The Labute approximate surface area is 62.0 Å². The number of carbonyl (C=O) groups is 1. The van der Waals surface area contributed by atoms with Crippen molar-refractivity contribution in [3.8, 4) is 0 Å². The molecule has 0 radical (unpaired) electrons. The molecule has 0 aromatic heterocycles. The minimum Gasteiger partial charge on any atom is -0.350 e. The maximum Gasteiger partial charge on any atom is 0.228 e. The van der Waals surface area contributed by atoms with Crippen LogP contribution in [0.25, 0.3) is 0 Å². The van der Waals surface area contributed by atoms with E-state index in [0.717, 1.165) is 6.42 Å². The summed E-state index contributed by atoms with van der Waals surface area (Å²) in [5, 5.41) is 2.88. The first kappa shape index (κ1) is 7.58. The Morgan fingerprint density at radius 2 is 1.90 bits per heavy atom. The number of carbonyl (C=O) groups excluding carboxylic acids is 1. The van der Waals surface area contributed by atoms with Crippen LogP contribution in [-0.4, -0.2) is 11.4 Å². The third-order valence-corrected chi connectivity index (χ3v) is 3.01. The van der Waals surface area contributed by atoms with E-state index in [1.54, 1.807) is 0 Å². The molecular weight excluding hydrogens is 126 g/mol. The molecule has 2 heteroatoms. The van der Waals surface area contributed by atoms with Gasteiger partial charge in [-0.15, -0.1) is 0 Å². The van der Waals surface area contributed by atoms with Crippen LogP contribution in [0, 0.1) is 5.41 Å². The highest BCUT2D eigenvalue weighted by molar-refractivity contribution is 5.91. The van der Waals surface area contributed by atoms with E-state index in [-0.39, 0.29) is 16.9 Å². The van der Waals surface area contributed by atoms with Gasteiger partial charge in [-0.3, -0.25) is 4.79 Å². The van der Waals surface area contributed by atoms with Gasteiger partial charge in [0.1, 0.15) is 0 Å². The van der Waals surface area contributed by atoms with Gasteiger partial charge < -0.3 is 5.32 Å². The summed E-state index contributed by atoms with van der Waals surface area (Å²) in [5.41, 5.74) is -0.133. The molecule has 1 heterocycles. The topological polar surface area (TPSA) is 29.1 Å². The molecule has 1 N–H and O–H groups in total. The zero-order valence-corrected chi connectivity index (χ0v) is 7.12.